The Kier molecular flexibility index (Phi) is 2.69. The lowest BCUT2D eigenvalue weighted by atomic mass is 10.1. The molecule has 100 valence electrons. The third-order valence-corrected chi connectivity index (χ3v) is 3.85. The second-order valence-corrected chi connectivity index (χ2v) is 5.20. The average molecular weight is 259 g/mol. The highest BCUT2D eigenvalue weighted by atomic mass is 16.2. The van der Waals surface area contributed by atoms with Crippen molar-refractivity contribution in [3.8, 4) is 0 Å². The monoisotopic (exact) mass is 259 g/mol. The number of carbonyl (C=O) groups is 1. The molecule has 1 aromatic heterocycles. The molecular formula is C14H17N3O2. The summed E-state index contributed by atoms with van der Waals surface area (Å²) in [5, 5.41) is 2.84. The summed E-state index contributed by atoms with van der Waals surface area (Å²) in [6, 6.07) is 6.08. The molecular weight excluding hydrogens is 242 g/mol. The van der Waals surface area contributed by atoms with Crippen LogP contribution in [0, 0.1) is 6.92 Å². The number of benzene rings is 1. The van der Waals surface area contributed by atoms with Crippen molar-refractivity contribution in [2.45, 2.75) is 25.8 Å². The number of imidazole rings is 1. The van der Waals surface area contributed by atoms with Gasteiger partial charge >= 0.3 is 5.69 Å². The molecule has 1 fully saturated rings. The molecule has 1 aliphatic rings. The van der Waals surface area contributed by atoms with Crippen LogP contribution >= 0.6 is 0 Å². The molecule has 0 spiro atoms. The quantitative estimate of drug-likeness (QED) is 0.833. The van der Waals surface area contributed by atoms with Crippen LogP contribution in [0.5, 0.6) is 0 Å². The van der Waals surface area contributed by atoms with Crippen molar-refractivity contribution in [2.24, 2.45) is 7.05 Å². The van der Waals surface area contributed by atoms with Crippen LogP contribution in [0.1, 0.15) is 24.4 Å². The van der Waals surface area contributed by atoms with Gasteiger partial charge in [-0.3, -0.25) is 13.9 Å². The van der Waals surface area contributed by atoms with Gasteiger partial charge < -0.3 is 5.32 Å². The zero-order valence-electron chi connectivity index (χ0n) is 11.1. The summed E-state index contributed by atoms with van der Waals surface area (Å²) < 4.78 is 3.49. The molecule has 3 rings (SSSR count). The number of rotatable bonds is 1. The van der Waals surface area contributed by atoms with Gasteiger partial charge in [-0.1, -0.05) is 6.07 Å². The van der Waals surface area contributed by atoms with Crippen molar-refractivity contribution in [1.29, 1.82) is 0 Å². The topological polar surface area (TPSA) is 56.0 Å². The van der Waals surface area contributed by atoms with E-state index in [1.807, 2.05) is 29.7 Å². The smallest absolute Gasteiger partial charge is 0.329 e. The zero-order valence-corrected chi connectivity index (χ0v) is 11.1. The van der Waals surface area contributed by atoms with Crippen LogP contribution < -0.4 is 11.0 Å². The highest BCUT2D eigenvalue weighted by molar-refractivity contribution is 5.78. The predicted octanol–water partition coefficient (Wildman–Crippen LogP) is 1.10. The van der Waals surface area contributed by atoms with Crippen LogP contribution in [0.15, 0.2) is 23.0 Å². The lowest BCUT2D eigenvalue weighted by Crippen LogP contribution is -2.39. The van der Waals surface area contributed by atoms with Crippen molar-refractivity contribution in [3.63, 3.8) is 0 Å². The first-order valence-electron chi connectivity index (χ1n) is 6.52. The SMILES string of the molecule is Cc1ccc2c(c1)n(C)c(=O)n2C1CCC(=O)NC1. The molecule has 0 radical (unpaired) electrons. The number of aromatic nitrogens is 2. The van der Waals surface area contributed by atoms with E-state index in [0.29, 0.717) is 13.0 Å². The van der Waals surface area contributed by atoms with Crippen LogP contribution in [0.2, 0.25) is 0 Å². The summed E-state index contributed by atoms with van der Waals surface area (Å²) >= 11 is 0. The van der Waals surface area contributed by atoms with Crippen LogP contribution in [0.3, 0.4) is 0 Å². The largest absolute Gasteiger partial charge is 0.354 e. The molecule has 1 N–H and O–H groups in total. The Morgan fingerprint density at radius 1 is 1.26 bits per heavy atom. The van der Waals surface area contributed by atoms with E-state index in [-0.39, 0.29) is 17.6 Å². The van der Waals surface area contributed by atoms with Crippen LogP contribution in [-0.2, 0) is 11.8 Å². The van der Waals surface area contributed by atoms with Gasteiger partial charge in [-0.05, 0) is 31.0 Å². The normalized spacial score (nSPS) is 19.7. The molecule has 2 aromatic rings. The number of aryl methyl sites for hydroxylation is 2. The summed E-state index contributed by atoms with van der Waals surface area (Å²) in [5.74, 6) is 0.0698. The maximum atomic E-state index is 12.4. The maximum absolute atomic E-state index is 12.4. The molecule has 2 heterocycles. The first kappa shape index (κ1) is 12.0. The molecule has 1 unspecified atom stereocenters. The molecule has 5 nitrogen and oxygen atoms in total. The molecule has 0 bridgehead atoms. The van der Waals surface area contributed by atoms with Gasteiger partial charge in [0.2, 0.25) is 5.91 Å². The Morgan fingerprint density at radius 2 is 2.05 bits per heavy atom. The fraction of sp³-hybridized carbons (Fsp3) is 0.429. The van der Waals surface area contributed by atoms with Crippen LogP contribution in [0.4, 0.5) is 0 Å². The van der Waals surface area contributed by atoms with Crippen molar-refractivity contribution < 1.29 is 4.79 Å². The van der Waals surface area contributed by atoms with Gasteiger partial charge in [0, 0.05) is 20.0 Å². The van der Waals surface area contributed by atoms with Crippen LogP contribution in [-0.4, -0.2) is 21.6 Å². The number of piperidine rings is 1. The number of amides is 1. The first-order chi connectivity index (χ1) is 9.08. The fourth-order valence-electron chi connectivity index (χ4n) is 2.77. The lowest BCUT2D eigenvalue weighted by molar-refractivity contribution is -0.122. The number of nitrogens with one attached hydrogen (secondary N) is 1. The Labute approximate surface area is 110 Å². The van der Waals surface area contributed by atoms with Gasteiger partial charge in [-0.2, -0.15) is 0 Å². The van der Waals surface area contributed by atoms with E-state index in [1.165, 1.54) is 0 Å². The van der Waals surface area contributed by atoms with Gasteiger partial charge in [0.15, 0.2) is 0 Å². The van der Waals surface area contributed by atoms with Crippen molar-refractivity contribution >= 4 is 16.9 Å². The minimum atomic E-state index is -0.0123. The molecule has 1 amide bonds. The molecule has 1 saturated heterocycles. The van der Waals surface area contributed by atoms with E-state index in [9.17, 15) is 9.59 Å². The van der Waals surface area contributed by atoms with E-state index in [4.69, 9.17) is 0 Å². The molecule has 1 atom stereocenters. The second kappa shape index (κ2) is 4.26. The fourth-order valence-corrected chi connectivity index (χ4v) is 2.77. The summed E-state index contributed by atoms with van der Waals surface area (Å²) in [4.78, 5) is 23.6. The van der Waals surface area contributed by atoms with Gasteiger partial charge in [0.1, 0.15) is 0 Å². The highest BCUT2D eigenvalue weighted by Crippen LogP contribution is 2.22. The van der Waals surface area contributed by atoms with E-state index in [2.05, 4.69) is 5.32 Å². The maximum Gasteiger partial charge on any atom is 0.329 e. The molecule has 0 aliphatic carbocycles. The number of carbonyl (C=O) groups excluding carboxylic acids is 1. The van der Waals surface area contributed by atoms with Gasteiger partial charge in [-0.15, -0.1) is 0 Å². The molecule has 5 heteroatoms. The van der Waals surface area contributed by atoms with Crippen molar-refractivity contribution in [2.75, 3.05) is 6.54 Å². The highest BCUT2D eigenvalue weighted by Gasteiger charge is 2.23. The van der Waals surface area contributed by atoms with Crippen LogP contribution in [0.25, 0.3) is 11.0 Å². The van der Waals surface area contributed by atoms with E-state index < -0.39 is 0 Å². The standard InChI is InChI=1S/C14H17N3O2/c1-9-3-5-11-12(7-9)16(2)14(19)17(11)10-4-6-13(18)15-8-10/h3,5,7,10H,4,6,8H2,1-2H3,(H,15,18). The number of nitrogens with zero attached hydrogens (tertiary/aromatic N) is 2. The number of hydrogen-bond donors (Lipinski definition) is 1. The zero-order chi connectivity index (χ0) is 13.6. The number of fused-ring (bicyclic) bond motifs is 1. The summed E-state index contributed by atoms with van der Waals surface area (Å²) in [6.45, 7) is 2.55. The van der Waals surface area contributed by atoms with Gasteiger partial charge in [0.05, 0.1) is 17.1 Å². The minimum Gasteiger partial charge on any atom is -0.354 e. The first-order valence-corrected chi connectivity index (χ1v) is 6.52. The molecule has 1 aliphatic heterocycles. The third-order valence-electron chi connectivity index (χ3n) is 3.85. The summed E-state index contributed by atoms with van der Waals surface area (Å²) in [5.41, 5.74) is 3.01. The second-order valence-electron chi connectivity index (χ2n) is 5.20. The van der Waals surface area contributed by atoms with E-state index in [0.717, 1.165) is 23.0 Å². The lowest BCUT2D eigenvalue weighted by Gasteiger charge is -2.23. The van der Waals surface area contributed by atoms with Gasteiger partial charge in [0.25, 0.3) is 0 Å². The minimum absolute atomic E-state index is 0.0123. The Balaban J connectivity index is 2.16. The van der Waals surface area contributed by atoms with Crippen molar-refractivity contribution in [3.05, 3.63) is 34.2 Å². The summed E-state index contributed by atoms with van der Waals surface area (Å²) in [7, 11) is 1.79. The predicted molar refractivity (Wildman–Crippen MR) is 73.2 cm³/mol. The number of hydrogen-bond acceptors (Lipinski definition) is 2. The van der Waals surface area contributed by atoms with Crippen molar-refractivity contribution in [1.82, 2.24) is 14.5 Å². The Morgan fingerprint density at radius 3 is 2.74 bits per heavy atom. The molecule has 0 saturated carbocycles. The molecule has 1 aromatic carbocycles. The van der Waals surface area contributed by atoms with E-state index in [1.54, 1.807) is 11.6 Å². The Hall–Kier alpha value is -2.04. The van der Waals surface area contributed by atoms with Gasteiger partial charge in [-0.25, -0.2) is 4.79 Å². The summed E-state index contributed by atoms with van der Waals surface area (Å²) in [6.07, 6.45) is 1.21. The Bertz CT molecular complexity index is 701. The average Bonchev–Trinajstić information content (AvgIpc) is 2.64. The molecule has 19 heavy (non-hydrogen) atoms. The third kappa shape index (κ3) is 1.85. The van der Waals surface area contributed by atoms with E-state index >= 15 is 0 Å².